The Morgan fingerprint density at radius 3 is 2.91 bits per heavy atom. The molecule has 124 valence electrons. The molecule has 0 aromatic carbocycles. The highest BCUT2D eigenvalue weighted by Crippen LogP contribution is 2.36. The van der Waals surface area contributed by atoms with Crippen LogP contribution in [0.5, 0.6) is 0 Å². The molecule has 0 aliphatic heterocycles. The molecule has 2 unspecified atom stereocenters. The predicted molar refractivity (Wildman–Crippen MR) is 91.2 cm³/mol. The Hall–Kier alpha value is -1.69. The van der Waals surface area contributed by atoms with Crippen molar-refractivity contribution in [1.82, 2.24) is 9.55 Å². The van der Waals surface area contributed by atoms with E-state index in [-0.39, 0.29) is 5.56 Å². The van der Waals surface area contributed by atoms with E-state index in [4.69, 9.17) is 4.74 Å². The summed E-state index contributed by atoms with van der Waals surface area (Å²) in [6.07, 6.45) is 3.54. The Kier molecular flexibility index (Phi) is 4.27. The highest BCUT2D eigenvalue weighted by atomic mass is 32.1. The SMILES string of the molecule is CCC(C(=O)OC)n1c(C)nc2sc3c(c2c1=O)CCC(C)C3. The predicted octanol–water partition coefficient (Wildman–Crippen LogP) is 3.02. The molecule has 5 nitrogen and oxygen atoms in total. The van der Waals surface area contributed by atoms with Gasteiger partial charge in [-0.3, -0.25) is 9.36 Å². The number of aryl methyl sites for hydroxylation is 2. The summed E-state index contributed by atoms with van der Waals surface area (Å²) in [5.41, 5.74) is 1.05. The Morgan fingerprint density at radius 2 is 2.26 bits per heavy atom. The summed E-state index contributed by atoms with van der Waals surface area (Å²) >= 11 is 1.63. The minimum absolute atomic E-state index is 0.100. The van der Waals surface area contributed by atoms with E-state index in [0.29, 0.717) is 23.5 Å². The number of methoxy groups -OCH3 is 1. The van der Waals surface area contributed by atoms with Crippen molar-refractivity contribution in [3.63, 3.8) is 0 Å². The maximum Gasteiger partial charge on any atom is 0.329 e. The number of carbonyl (C=O) groups is 1. The zero-order chi connectivity index (χ0) is 16.7. The fraction of sp³-hybridized carbons (Fsp3) is 0.588. The molecule has 1 aliphatic carbocycles. The van der Waals surface area contributed by atoms with Gasteiger partial charge in [0.2, 0.25) is 0 Å². The standard InChI is InChI=1S/C17H22N2O3S/c1-5-12(17(21)22-4)19-10(3)18-15-14(16(19)20)11-7-6-9(2)8-13(11)23-15/h9,12H,5-8H2,1-4H3. The molecule has 0 saturated heterocycles. The van der Waals surface area contributed by atoms with Gasteiger partial charge in [-0.15, -0.1) is 11.3 Å². The van der Waals surface area contributed by atoms with Crippen LogP contribution < -0.4 is 5.56 Å². The van der Waals surface area contributed by atoms with Crippen LogP contribution in [0.25, 0.3) is 10.2 Å². The van der Waals surface area contributed by atoms with Gasteiger partial charge in [-0.05, 0) is 44.1 Å². The van der Waals surface area contributed by atoms with Gasteiger partial charge in [-0.1, -0.05) is 13.8 Å². The Bertz CT molecular complexity index is 821. The highest BCUT2D eigenvalue weighted by Gasteiger charge is 2.28. The number of aromatic nitrogens is 2. The van der Waals surface area contributed by atoms with Crippen LogP contribution in [-0.2, 0) is 22.4 Å². The number of ether oxygens (including phenoxy) is 1. The van der Waals surface area contributed by atoms with Crippen LogP contribution in [0.2, 0.25) is 0 Å². The van der Waals surface area contributed by atoms with Crippen LogP contribution >= 0.6 is 11.3 Å². The molecule has 6 heteroatoms. The number of carbonyl (C=O) groups excluding carboxylic acids is 1. The third-order valence-corrected chi connectivity index (χ3v) is 5.86. The maximum absolute atomic E-state index is 13.1. The van der Waals surface area contributed by atoms with E-state index < -0.39 is 12.0 Å². The molecule has 2 heterocycles. The molecule has 0 fully saturated rings. The molecule has 0 bridgehead atoms. The van der Waals surface area contributed by atoms with Crippen molar-refractivity contribution < 1.29 is 9.53 Å². The number of hydrogen-bond donors (Lipinski definition) is 0. The van der Waals surface area contributed by atoms with Gasteiger partial charge in [0.25, 0.3) is 5.56 Å². The monoisotopic (exact) mass is 334 g/mol. The van der Waals surface area contributed by atoms with Gasteiger partial charge in [0.15, 0.2) is 0 Å². The lowest BCUT2D eigenvalue weighted by Crippen LogP contribution is -2.33. The van der Waals surface area contributed by atoms with Gasteiger partial charge >= 0.3 is 5.97 Å². The summed E-state index contributed by atoms with van der Waals surface area (Å²) < 4.78 is 6.38. The summed E-state index contributed by atoms with van der Waals surface area (Å²) in [4.78, 5) is 31.9. The van der Waals surface area contributed by atoms with E-state index in [1.807, 2.05) is 6.92 Å². The first-order chi connectivity index (χ1) is 11.0. The Balaban J connectivity index is 2.25. The molecule has 0 saturated carbocycles. The van der Waals surface area contributed by atoms with Crippen LogP contribution in [0, 0.1) is 12.8 Å². The third kappa shape index (κ3) is 2.59. The number of nitrogens with zero attached hydrogens (tertiary/aromatic N) is 2. The van der Waals surface area contributed by atoms with Gasteiger partial charge in [0, 0.05) is 4.88 Å². The van der Waals surface area contributed by atoms with Gasteiger partial charge in [0.05, 0.1) is 12.5 Å². The molecule has 2 atom stereocenters. The topological polar surface area (TPSA) is 61.2 Å². The number of thiophene rings is 1. The van der Waals surface area contributed by atoms with Crippen LogP contribution in [0.1, 0.15) is 49.0 Å². The summed E-state index contributed by atoms with van der Waals surface area (Å²) in [6.45, 7) is 5.91. The van der Waals surface area contributed by atoms with E-state index in [0.717, 1.165) is 29.7 Å². The van der Waals surface area contributed by atoms with Crippen LogP contribution in [0.4, 0.5) is 0 Å². The molecule has 0 N–H and O–H groups in total. The second-order valence-electron chi connectivity index (χ2n) is 6.31. The number of rotatable bonds is 3. The molecule has 2 aromatic heterocycles. The van der Waals surface area contributed by atoms with Crippen molar-refractivity contribution in [3.8, 4) is 0 Å². The first-order valence-corrected chi connectivity index (χ1v) is 8.90. The number of fused-ring (bicyclic) bond motifs is 3. The molecular weight excluding hydrogens is 312 g/mol. The van der Waals surface area contributed by atoms with Gasteiger partial charge in [-0.25, -0.2) is 9.78 Å². The first kappa shape index (κ1) is 16.2. The van der Waals surface area contributed by atoms with Crippen molar-refractivity contribution in [2.45, 2.75) is 52.5 Å². The number of hydrogen-bond acceptors (Lipinski definition) is 5. The zero-order valence-corrected chi connectivity index (χ0v) is 14.8. The second-order valence-corrected chi connectivity index (χ2v) is 7.40. The average molecular weight is 334 g/mol. The van der Waals surface area contributed by atoms with E-state index >= 15 is 0 Å². The average Bonchev–Trinajstić information content (AvgIpc) is 2.87. The molecule has 3 rings (SSSR count). The van der Waals surface area contributed by atoms with E-state index in [9.17, 15) is 9.59 Å². The highest BCUT2D eigenvalue weighted by molar-refractivity contribution is 7.18. The molecular formula is C17H22N2O3S. The van der Waals surface area contributed by atoms with Crippen molar-refractivity contribution >= 4 is 27.5 Å². The summed E-state index contributed by atoms with van der Waals surface area (Å²) in [6, 6.07) is -0.609. The van der Waals surface area contributed by atoms with Gasteiger partial charge < -0.3 is 4.74 Å². The quantitative estimate of drug-likeness (QED) is 0.810. The second kappa shape index (κ2) is 6.07. The summed E-state index contributed by atoms with van der Waals surface area (Å²) in [7, 11) is 1.35. The van der Waals surface area contributed by atoms with Crippen molar-refractivity contribution in [2.75, 3.05) is 7.11 Å². The van der Waals surface area contributed by atoms with Crippen LogP contribution in [0.3, 0.4) is 0 Å². The fourth-order valence-corrected chi connectivity index (χ4v) is 4.88. The summed E-state index contributed by atoms with van der Waals surface area (Å²) in [5.74, 6) is 0.834. The Labute approximate surface area is 139 Å². The van der Waals surface area contributed by atoms with E-state index in [1.54, 1.807) is 18.3 Å². The van der Waals surface area contributed by atoms with Crippen LogP contribution in [-0.4, -0.2) is 22.6 Å². The lowest BCUT2D eigenvalue weighted by atomic mass is 9.89. The fourth-order valence-electron chi connectivity index (χ4n) is 3.46. The zero-order valence-electron chi connectivity index (χ0n) is 14.0. The van der Waals surface area contributed by atoms with E-state index in [2.05, 4.69) is 11.9 Å². The first-order valence-electron chi connectivity index (χ1n) is 8.09. The van der Waals surface area contributed by atoms with Gasteiger partial charge in [-0.2, -0.15) is 0 Å². The smallest absolute Gasteiger partial charge is 0.329 e. The molecule has 23 heavy (non-hydrogen) atoms. The van der Waals surface area contributed by atoms with Gasteiger partial charge in [0.1, 0.15) is 16.7 Å². The Morgan fingerprint density at radius 1 is 1.52 bits per heavy atom. The molecule has 2 aromatic rings. The van der Waals surface area contributed by atoms with Crippen molar-refractivity contribution in [1.29, 1.82) is 0 Å². The molecule has 0 radical (unpaired) electrons. The summed E-state index contributed by atoms with van der Waals surface area (Å²) in [5, 5.41) is 0.713. The normalized spacial score (nSPS) is 18.7. The van der Waals surface area contributed by atoms with Crippen LogP contribution in [0.15, 0.2) is 4.79 Å². The van der Waals surface area contributed by atoms with E-state index in [1.165, 1.54) is 16.6 Å². The molecule has 0 amide bonds. The largest absolute Gasteiger partial charge is 0.467 e. The lowest BCUT2D eigenvalue weighted by molar-refractivity contribution is -0.144. The molecule has 0 spiro atoms. The number of esters is 1. The maximum atomic E-state index is 13.1. The molecule has 1 aliphatic rings. The lowest BCUT2D eigenvalue weighted by Gasteiger charge is -2.19. The third-order valence-electron chi connectivity index (χ3n) is 4.71. The minimum atomic E-state index is -0.609. The van der Waals surface area contributed by atoms with Crippen molar-refractivity contribution in [2.24, 2.45) is 5.92 Å². The minimum Gasteiger partial charge on any atom is -0.467 e. The van der Waals surface area contributed by atoms with Crippen molar-refractivity contribution in [3.05, 3.63) is 26.6 Å².